The van der Waals surface area contributed by atoms with Crippen molar-refractivity contribution in [1.82, 2.24) is 4.98 Å². The number of hydrogen-bond donors (Lipinski definition) is 2. The fourth-order valence-electron chi connectivity index (χ4n) is 2.03. The molecule has 0 aliphatic carbocycles. The largest absolute Gasteiger partial charge is 0.496 e. The molecule has 0 atom stereocenters. The number of nitrogens with one attached hydrogen (secondary N) is 1. The standard InChI is InChI=1S/C14H15NO5/c1-18-8-6-10(19-2)12(11(7-8)20-3)9-4-5-15-13(9)14(16)17/h4-7,15H,1-3H3,(H,16,17). The lowest BCUT2D eigenvalue weighted by atomic mass is 10.0. The highest BCUT2D eigenvalue weighted by molar-refractivity contribution is 5.96. The molecule has 1 aromatic carbocycles. The number of carbonyl (C=O) groups is 1. The van der Waals surface area contributed by atoms with Gasteiger partial charge in [-0.15, -0.1) is 0 Å². The third kappa shape index (κ3) is 2.27. The van der Waals surface area contributed by atoms with E-state index < -0.39 is 5.97 Å². The Morgan fingerprint density at radius 3 is 2.15 bits per heavy atom. The Balaban J connectivity index is 2.71. The minimum atomic E-state index is -1.05. The third-order valence-electron chi connectivity index (χ3n) is 2.95. The van der Waals surface area contributed by atoms with Gasteiger partial charge in [0, 0.05) is 23.9 Å². The lowest BCUT2D eigenvalue weighted by molar-refractivity contribution is 0.0692. The molecule has 0 unspecified atom stereocenters. The fourth-order valence-corrected chi connectivity index (χ4v) is 2.03. The van der Waals surface area contributed by atoms with Gasteiger partial charge in [0.15, 0.2) is 0 Å². The lowest BCUT2D eigenvalue weighted by Crippen LogP contribution is -2.01. The van der Waals surface area contributed by atoms with Crippen LogP contribution in [0, 0.1) is 0 Å². The summed E-state index contributed by atoms with van der Waals surface area (Å²) in [7, 11) is 4.54. The highest BCUT2D eigenvalue weighted by atomic mass is 16.5. The van der Waals surface area contributed by atoms with E-state index in [1.165, 1.54) is 21.3 Å². The van der Waals surface area contributed by atoms with Crippen molar-refractivity contribution in [3.05, 3.63) is 30.1 Å². The first-order valence-electron chi connectivity index (χ1n) is 5.83. The van der Waals surface area contributed by atoms with Crippen molar-refractivity contribution >= 4 is 5.97 Å². The van der Waals surface area contributed by atoms with E-state index in [1.54, 1.807) is 24.4 Å². The predicted molar refractivity (Wildman–Crippen MR) is 72.8 cm³/mol. The van der Waals surface area contributed by atoms with E-state index in [9.17, 15) is 9.90 Å². The van der Waals surface area contributed by atoms with Gasteiger partial charge in [0.1, 0.15) is 22.9 Å². The minimum absolute atomic E-state index is 0.0757. The summed E-state index contributed by atoms with van der Waals surface area (Å²) in [6.45, 7) is 0. The van der Waals surface area contributed by atoms with Gasteiger partial charge in [-0.1, -0.05) is 0 Å². The van der Waals surface area contributed by atoms with Crippen LogP contribution < -0.4 is 14.2 Å². The number of ether oxygens (including phenoxy) is 3. The van der Waals surface area contributed by atoms with E-state index in [4.69, 9.17) is 14.2 Å². The number of carboxylic acids is 1. The summed E-state index contributed by atoms with van der Waals surface area (Å²) >= 11 is 0. The van der Waals surface area contributed by atoms with Gasteiger partial charge in [0.25, 0.3) is 0 Å². The Morgan fingerprint density at radius 2 is 1.70 bits per heavy atom. The van der Waals surface area contributed by atoms with Crippen LogP contribution in [0.25, 0.3) is 11.1 Å². The van der Waals surface area contributed by atoms with Crippen LogP contribution in [0.4, 0.5) is 0 Å². The fraction of sp³-hybridized carbons (Fsp3) is 0.214. The zero-order valence-corrected chi connectivity index (χ0v) is 11.4. The molecule has 0 fully saturated rings. The van der Waals surface area contributed by atoms with Crippen molar-refractivity contribution < 1.29 is 24.1 Å². The van der Waals surface area contributed by atoms with Crippen LogP contribution in [0.15, 0.2) is 24.4 Å². The Hall–Kier alpha value is -2.63. The molecule has 2 N–H and O–H groups in total. The van der Waals surface area contributed by atoms with Crippen LogP contribution in [-0.4, -0.2) is 37.4 Å². The molecule has 1 heterocycles. The van der Waals surface area contributed by atoms with Crippen LogP contribution in [0.5, 0.6) is 17.2 Å². The number of carboxylic acid groups (broad SMARTS) is 1. The number of rotatable bonds is 5. The van der Waals surface area contributed by atoms with Gasteiger partial charge >= 0.3 is 5.97 Å². The molecule has 2 rings (SSSR count). The first-order chi connectivity index (χ1) is 9.62. The number of H-pyrrole nitrogens is 1. The second-order valence-electron chi connectivity index (χ2n) is 3.98. The first-order valence-corrected chi connectivity index (χ1v) is 5.83. The van der Waals surface area contributed by atoms with Crippen LogP contribution in [0.3, 0.4) is 0 Å². The van der Waals surface area contributed by atoms with Crippen molar-refractivity contribution in [3.8, 4) is 28.4 Å². The number of aromatic carboxylic acids is 1. The molecule has 0 saturated carbocycles. The average molecular weight is 277 g/mol. The summed E-state index contributed by atoms with van der Waals surface area (Å²) in [6, 6.07) is 5.02. The smallest absolute Gasteiger partial charge is 0.352 e. The molecule has 1 aromatic heterocycles. The number of aromatic nitrogens is 1. The molecule has 6 heteroatoms. The van der Waals surface area contributed by atoms with Crippen molar-refractivity contribution in [2.45, 2.75) is 0 Å². The first kappa shape index (κ1) is 13.8. The second-order valence-corrected chi connectivity index (χ2v) is 3.98. The third-order valence-corrected chi connectivity index (χ3v) is 2.95. The van der Waals surface area contributed by atoms with Crippen molar-refractivity contribution in [2.24, 2.45) is 0 Å². The Labute approximate surface area is 115 Å². The summed E-state index contributed by atoms with van der Waals surface area (Å²) in [5.41, 5.74) is 1.13. The number of hydrogen-bond acceptors (Lipinski definition) is 4. The Bertz CT molecular complexity index is 607. The second kappa shape index (κ2) is 5.56. The van der Waals surface area contributed by atoms with Crippen molar-refractivity contribution in [2.75, 3.05) is 21.3 Å². The summed E-state index contributed by atoms with van der Waals surface area (Å²) in [4.78, 5) is 13.9. The monoisotopic (exact) mass is 277 g/mol. The normalized spacial score (nSPS) is 10.2. The zero-order chi connectivity index (χ0) is 14.7. The van der Waals surface area contributed by atoms with Gasteiger partial charge in [-0.25, -0.2) is 4.79 Å². The topological polar surface area (TPSA) is 80.8 Å². The molecular formula is C14H15NO5. The van der Waals surface area contributed by atoms with Gasteiger partial charge in [-0.05, 0) is 6.07 Å². The van der Waals surface area contributed by atoms with Crippen molar-refractivity contribution in [1.29, 1.82) is 0 Å². The number of aromatic amines is 1. The van der Waals surface area contributed by atoms with Gasteiger partial charge in [-0.3, -0.25) is 0 Å². The summed E-state index contributed by atoms with van der Waals surface area (Å²) in [6.07, 6.45) is 1.56. The van der Waals surface area contributed by atoms with Gasteiger partial charge in [0.05, 0.1) is 26.9 Å². The SMILES string of the molecule is COc1cc(OC)c(-c2cc[nH]c2C(=O)O)c(OC)c1. The summed E-state index contributed by atoms with van der Waals surface area (Å²) in [5, 5.41) is 9.21. The van der Waals surface area contributed by atoms with Crippen molar-refractivity contribution in [3.63, 3.8) is 0 Å². The molecule has 0 saturated heterocycles. The average Bonchev–Trinajstić information content (AvgIpc) is 2.94. The zero-order valence-electron chi connectivity index (χ0n) is 11.4. The summed E-state index contributed by atoms with van der Waals surface area (Å²) < 4.78 is 15.8. The van der Waals surface area contributed by atoms with E-state index in [1.807, 2.05) is 0 Å². The molecule has 0 spiro atoms. The van der Waals surface area contributed by atoms with Crippen LogP contribution in [0.2, 0.25) is 0 Å². The van der Waals surface area contributed by atoms with Crippen LogP contribution >= 0.6 is 0 Å². The molecular weight excluding hydrogens is 262 g/mol. The maximum atomic E-state index is 11.2. The molecule has 0 aliphatic rings. The van der Waals surface area contributed by atoms with Gasteiger partial charge in [0.2, 0.25) is 0 Å². The quantitative estimate of drug-likeness (QED) is 0.877. The predicted octanol–water partition coefficient (Wildman–Crippen LogP) is 2.41. The minimum Gasteiger partial charge on any atom is -0.496 e. The van der Waals surface area contributed by atoms with Crippen LogP contribution in [0.1, 0.15) is 10.5 Å². The number of methoxy groups -OCH3 is 3. The van der Waals surface area contributed by atoms with E-state index in [0.717, 1.165) is 0 Å². The maximum absolute atomic E-state index is 11.2. The molecule has 0 aliphatic heterocycles. The number of benzene rings is 1. The van der Waals surface area contributed by atoms with E-state index in [0.29, 0.717) is 28.4 Å². The molecule has 0 amide bonds. The van der Waals surface area contributed by atoms with Gasteiger partial charge in [-0.2, -0.15) is 0 Å². The molecule has 0 radical (unpaired) electrons. The summed E-state index contributed by atoms with van der Waals surface area (Å²) in [5.74, 6) is 0.464. The maximum Gasteiger partial charge on any atom is 0.352 e. The highest BCUT2D eigenvalue weighted by Gasteiger charge is 2.21. The Morgan fingerprint density at radius 1 is 1.10 bits per heavy atom. The molecule has 6 nitrogen and oxygen atoms in total. The van der Waals surface area contributed by atoms with Gasteiger partial charge < -0.3 is 24.3 Å². The van der Waals surface area contributed by atoms with E-state index in [-0.39, 0.29) is 5.69 Å². The molecule has 106 valence electrons. The molecule has 20 heavy (non-hydrogen) atoms. The Kier molecular flexibility index (Phi) is 3.84. The molecule has 2 aromatic rings. The lowest BCUT2D eigenvalue weighted by Gasteiger charge is -2.14. The van der Waals surface area contributed by atoms with E-state index >= 15 is 0 Å². The van der Waals surface area contributed by atoms with Crippen LogP contribution in [-0.2, 0) is 0 Å². The molecule has 0 bridgehead atoms. The van der Waals surface area contributed by atoms with E-state index in [2.05, 4.69) is 4.98 Å². The highest BCUT2D eigenvalue weighted by Crippen LogP contribution is 2.42.